The lowest BCUT2D eigenvalue weighted by Gasteiger charge is -2.26. The highest BCUT2D eigenvalue weighted by atomic mass is 16.2. The lowest BCUT2D eigenvalue weighted by Crippen LogP contribution is -2.37. The van der Waals surface area contributed by atoms with E-state index in [2.05, 4.69) is 15.4 Å². The van der Waals surface area contributed by atoms with E-state index in [1.807, 2.05) is 13.0 Å². The molecule has 1 aromatic rings. The molecule has 1 fully saturated rings. The normalized spacial score (nSPS) is 24.4. The Balaban J connectivity index is 1.97. The van der Waals surface area contributed by atoms with E-state index in [1.165, 1.54) is 0 Å². The maximum absolute atomic E-state index is 11.4. The van der Waals surface area contributed by atoms with E-state index in [0.717, 1.165) is 37.2 Å². The fourth-order valence-electron chi connectivity index (χ4n) is 2.47. The first kappa shape index (κ1) is 12.0. The maximum Gasteiger partial charge on any atom is 0.236 e. The van der Waals surface area contributed by atoms with Crippen molar-refractivity contribution in [1.29, 1.82) is 0 Å². The van der Waals surface area contributed by atoms with Crippen LogP contribution in [-0.4, -0.2) is 15.9 Å². The van der Waals surface area contributed by atoms with Crippen molar-refractivity contribution in [3.63, 3.8) is 0 Å². The van der Waals surface area contributed by atoms with E-state index < -0.39 is 0 Å². The van der Waals surface area contributed by atoms with Crippen LogP contribution in [0.3, 0.4) is 0 Å². The van der Waals surface area contributed by atoms with Gasteiger partial charge in [0, 0.05) is 23.7 Å². The van der Waals surface area contributed by atoms with Gasteiger partial charge in [-0.15, -0.1) is 0 Å². The van der Waals surface area contributed by atoms with E-state index in [4.69, 9.17) is 5.84 Å². The molecule has 0 saturated heterocycles. The summed E-state index contributed by atoms with van der Waals surface area (Å²) in [6, 6.07) is 1.97. The molecule has 1 aromatic heterocycles. The van der Waals surface area contributed by atoms with Crippen molar-refractivity contribution >= 4 is 5.91 Å². The van der Waals surface area contributed by atoms with Crippen LogP contribution in [0.15, 0.2) is 12.3 Å². The molecule has 1 heterocycles. The first-order valence-electron chi connectivity index (χ1n) is 6.00. The second-order valence-electron chi connectivity index (χ2n) is 4.59. The van der Waals surface area contributed by atoms with Gasteiger partial charge in [0.2, 0.25) is 5.91 Å². The lowest BCUT2D eigenvalue weighted by molar-refractivity contribution is -0.126. The second-order valence-corrected chi connectivity index (χ2v) is 4.59. The summed E-state index contributed by atoms with van der Waals surface area (Å²) in [6.07, 6.45) is 5.56. The molecule has 0 bridgehead atoms. The molecule has 1 aliphatic rings. The van der Waals surface area contributed by atoms with Gasteiger partial charge >= 0.3 is 0 Å². The molecule has 1 aliphatic carbocycles. The summed E-state index contributed by atoms with van der Waals surface area (Å²) in [5, 5.41) is 0. The first-order chi connectivity index (χ1) is 8.20. The Kier molecular flexibility index (Phi) is 3.68. The van der Waals surface area contributed by atoms with Crippen LogP contribution < -0.4 is 11.3 Å². The number of hydrogen-bond acceptors (Lipinski definition) is 4. The minimum atomic E-state index is -0.0395. The molecule has 1 amide bonds. The van der Waals surface area contributed by atoms with E-state index in [-0.39, 0.29) is 11.8 Å². The van der Waals surface area contributed by atoms with Crippen LogP contribution in [0.2, 0.25) is 0 Å². The van der Waals surface area contributed by atoms with E-state index in [1.54, 1.807) is 6.20 Å². The molecule has 3 N–H and O–H groups in total. The number of amides is 1. The molecule has 17 heavy (non-hydrogen) atoms. The maximum atomic E-state index is 11.4. The Labute approximate surface area is 101 Å². The van der Waals surface area contributed by atoms with Crippen molar-refractivity contribution in [1.82, 2.24) is 15.4 Å². The number of nitrogens with zero attached hydrogens (tertiary/aromatic N) is 2. The average molecular weight is 234 g/mol. The highest BCUT2D eigenvalue weighted by Crippen LogP contribution is 2.34. The number of carbonyl (C=O) groups is 1. The Morgan fingerprint density at radius 2 is 2.12 bits per heavy atom. The zero-order valence-corrected chi connectivity index (χ0v) is 10.0. The summed E-state index contributed by atoms with van der Waals surface area (Å²) in [6.45, 7) is 1.90. The summed E-state index contributed by atoms with van der Waals surface area (Å²) in [7, 11) is 0. The molecular weight excluding hydrogens is 216 g/mol. The van der Waals surface area contributed by atoms with Gasteiger partial charge in [0.05, 0.1) is 0 Å². The predicted molar refractivity (Wildman–Crippen MR) is 63.8 cm³/mol. The molecule has 0 aromatic carbocycles. The first-order valence-corrected chi connectivity index (χ1v) is 6.00. The van der Waals surface area contributed by atoms with Crippen molar-refractivity contribution < 1.29 is 4.79 Å². The monoisotopic (exact) mass is 234 g/mol. The number of aryl methyl sites for hydroxylation is 1. The number of nitrogens with two attached hydrogens (primary N) is 1. The quantitative estimate of drug-likeness (QED) is 0.455. The van der Waals surface area contributed by atoms with E-state index >= 15 is 0 Å². The Bertz CT molecular complexity index is 399. The Morgan fingerprint density at radius 1 is 1.41 bits per heavy atom. The molecule has 5 heteroatoms. The van der Waals surface area contributed by atoms with Gasteiger partial charge in [-0.1, -0.05) is 0 Å². The average Bonchev–Trinajstić information content (AvgIpc) is 2.38. The largest absolute Gasteiger partial charge is 0.294 e. The molecule has 0 atom stereocenters. The highest BCUT2D eigenvalue weighted by molar-refractivity contribution is 5.78. The topological polar surface area (TPSA) is 80.9 Å². The summed E-state index contributed by atoms with van der Waals surface area (Å²) >= 11 is 0. The van der Waals surface area contributed by atoms with Crippen LogP contribution in [0.5, 0.6) is 0 Å². The van der Waals surface area contributed by atoms with Gasteiger partial charge < -0.3 is 0 Å². The number of rotatable bonds is 2. The van der Waals surface area contributed by atoms with Gasteiger partial charge in [0.15, 0.2) is 0 Å². The minimum Gasteiger partial charge on any atom is -0.294 e. The molecule has 92 valence electrons. The van der Waals surface area contributed by atoms with Crippen molar-refractivity contribution in [2.24, 2.45) is 11.8 Å². The van der Waals surface area contributed by atoms with Crippen molar-refractivity contribution in [3.05, 3.63) is 23.8 Å². The van der Waals surface area contributed by atoms with Crippen LogP contribution in [-0.2, 0) is 4.79 Å². The smallest absolute Gasteiger partial charge is 0.236 e. The molecule has 0 unspecified atom stereocenters. The number of aromatic nitrogens is 2. The number of hydrogen-bond donors (Lipinski definition) is 2. The molecule has 1 saturated carbocycles. The van der Waals surface area contributed by atoms with Gasteiger partial charge in [-0.2, -0.15) is 0 Å². The Morgan fingerprint density at radius 3 is 2.71 bits per heavy atom. The zero-order valence-electron chi connectivity index (χ0n) is 10.0. The van der Waals surface area contributed by atoms with Crippen LogP contribution in [0.25, 0.3) is 0 Å². The van der Waals surface area contributed by atoms with Crippen LogP contribution >= 0.6 is 0 Å². The summed E-state index contributed by atoms with van der Waals surface area (Å²) in [5.41, 5.74) is 3.33. The standard InChI is InChI=1S/C12H18N4O/c1-8-14-7-6-11(15-8)9-2-4-10(5-3-9)12(17)16-13/h6-7,9-10H,2-5,13H2,1H3,(H,16,17)/t9-,10-. The predicted octanol–water partition coefficient (Wildman–Crippen LogP) is 1.05. The molecule has 2 rings (SSSR count). The van der Waals surface area contributed by atoms with Crippen molar-refractivity contribution in [2.45, 2.75) is 38.5 Å². The van der Waals surface area contributed by atoms with Crippen LogP contribution in [0.4, 0.5) is 0 Å². The SMILES string of the molecule is Cc1nccc([C@H]2CC[C@H](C(=O)NN)CC2)n1. The summed E-state index contributed by atoms with van der Waals surface area (Å²) in [5.74, 6) is 6.44. The molecule has 0 spiro atoms. The van der Waals surface area contributed by atoms with Crippen molar-refractivity contribution in [2.75, 3.05) is 0 Å². The van der Waals surface area contributed by atoms with Gasteiger partial charge in [-0.25, -0.2) is 15.8 Å². The number of hydrazine groups is 1. The van der Waals surface area contributed by atoms with Gasteiger partial charge in [0.25, 0.3) is 0 Å². The fourth-order valence-corrected chi connectivity index (χ4v) is 2.47. The van der Waals surface area contributed by atoms with E-state index in [9.17, 15) is 4.79 Å². The molecule has 5 nitrogen and oxygen atoms in total. The van der Waals surface area contributed by atoms with Gasteiger partial charge in [0.1, 0.15) is 5.82 Å². The second kappa shape index (κ2) is 5.23. The van der Waals surface area contributed by atoms with Crippen LogP contribution in [0.1, 0.15) is 43.1 Å². The highest BCUT2D eigenvalue weighted by Gasteiger charge is 2.27. The minimum absolute atomic E-state index is 0.0395. The fraction of sp³-hybridized carbons (Fsp3) is 0.583. The lowest BCUT2D eigenvalue weighted by atomic mass is 9.80. The van der Waals surface area contributed by atoms with Crippen molar-refractivity contribution in [3.8, 4) is 0 Å². The summed E-state index contributed by atoms with van der Waals surface area (Å²) < 4.78 is 0. The third-order valence-electron chi connectivity index (χ3n) is 3.46. The summed E-state index contributed by atoms with van der Waals surface area (Å²) in [4.78, 5) is 20.0. The third kappa shape index (κ3) is 2.79. The molecule has 0 aliphatic heterocycles. The van der Waals surface area contributed by atoms with E-state index in [0.29, 0.717) is 5.92 Å². The van der Waals surface area contributed by atoms with Gasteiger partial charge in [-0.05, 0) is 38.7 Å². The molecular formula is C12H18N4O. The van der Waals surface area contributed by atoms with Crippen LogP contribution in [0, 0.1) is 12.8 Å². The zero-order chi connectivity index (χ0) is 12.3. The third-order valence-corrected chi connectivity index (χ3v) is 3.46. The Hall–Kier alpha value is -1.49. The number of carbonyl (C=O) groups excluding carboxylic acids is 1. The van der Waals surface area contributed by atoms with Gasteiger partial charge in [-0.3, -0.25) is 10.2 Å². The number of nitrogens with one attached hydrogen (secondary N) is 1. The molecule has 0 radical (unpaired) electrons.